The molecule has 0 aliphatic rings. The van der Waals surface area contributed by atoms with E-state index in [0.717, 1.165) is 12.1 Å². The van der Waals surface area contributed by atoms with Crippen molar-refractivity contribution < 1.29 is 13.6 Å². The van der Waals surface area contributed by atoms with E-state index in [2.05, 4.69) is 15.9 Å². The van der Waals surface area contributed by atoms with E-state index in [0.29, 0.717) is 0 Å². The summed E-state index contributed by atoms with van der Waals surface area (Å²) in [5.41, 5.74) is 0.278. The molecule has 1 aromatic carbocycles. The van der Waals surface area contributed by atoms with Crippen LogP contribution in [0, 0.1) is 18.6 Å². The molecule has 1 rings (SSSR count). The zero-order valence-corrected chi connectivity index (χ0v) is 8.49. The highest BCUT2D eigenvalue weighted by atomic mass is 79.9. The van der Waals surface area contributed by atoms with E-state index >= 15 is 0 Å². The molecule has 0 saturated heterocycles. The summed E-state index contributed by atoms with van der Waals surface area (Å²) in [5.74, 6) is -1.74. The third kappa shape index (κ3) is 2.12. The molecule has 0 unspecified atom stereocenters. The summed E-state index contributed by atoms with van der Waals surface area (Å²) in [6, 6.07) is 1.81. The molecule has 0 radical (unpaired) electrons. The highest BCUT2D eigenvalue weighted by Gasteiger charge is 2.12. The molecule has 0 saturated carbocycles. The summed E-state index contributed by atoms with van der Waals surface area (Å²) < 4.78 is 25.6. The van der Waals surface area contributed by atoms with Crippen molar-refractivity contribution in [3.05, 3.63) is 34.9 Å². The standard InChI is InChI=1S/C9H7BrF2O/c1-5-7(9(13)4-10)2-6(11)3-8(5)12/h2-3H,4H2,1H3. The average molecular weight is 249 g/mol. The molecule has 0 aliphatic carbocycles. The topological polar surface area (TPSA) is 17.1 Å². The van der Waals surface area contributed by atoms with Crippen LogP contribution in [-0.4, -0.2) is 11.1 Å². The predicted molar refractivity (Wildman–Crippen MR) is 49.2 cm³/mol. The lowest BCUT2D eigenvalue weighted by Crippen LogP contribution is -2.05. The Labute approximate surface area is 82.9 Å². The van der Waals surface area contributed by atoms with Gasteiger partial charge in [0.2, 0.25) is 0 Å². The Morgan fingerprint density at radius 2 is 2.08 bits per heavy atom. The van der Waals surface area contributed by atoms with Crippen LogP contribution in [0.5, 0.6) is 0 Å². The number of halogens is 3. The Morgan fingerprint density at radius 1 is 1.46 bits per heavy atom. The molecule has 0 spiro atoms. The Kier molecular flexibility index (Phi) is 3.14. The zero-order chi connectivity index (χ0) is 10.0. The fourth-order valence-corrected chi connectivity index (χ4v) is 1.31. The maximum absolute atomic E-state index is 12.9. The lowest BCUT2D eigenvalue weighted by atomic mass is 10.1. The predicted octanol–water partition coefficient (Wildman–Crippen LogP) is 2.85. The molecule has 0 N–H and O–H groups in total. The minimum absolute atomic E-state index is 0.0662. The number of carbonyl (C=O) groups excluding carboxylic acids is 1. The highest BCUT2D eigenvalue weighted by Crippen LogP contribution is 2.16. The summed E-state index contributed by atoms with van der Waals surface area (Å²) in [6.07, 6.45) is 0. The lowest BCUT2D eigenvalue weighted by Gasteiger charge is -2.03. The van der Waals surface area contributed by atoms with Gasteiger partial charge in [0.15, 0.2) is 5.78 Å². The van der Waals surface area contributed by atoms with Crippen molar-refractivity contribution in [3.63, 3.8) is 0 Å². The fourth-order valence-electron chi connectivity index (χ4n) is 1.01. The molecule has 13 heavy (non-hydrogen) atoms. The maximum atomic E-state index is 12.9. The van der Waals surface area contributed by atoms with Crippen LogP contribution in [0.4, 0.5) is 8.78 Å². The SMILES string of the molecule is Cc1c(F)cc(F)cc1C(=O)CBr. The molecule has 4 heteroatoms. The first-order valence-electron chi connectivity index (χ1n) is 3.61. The van der Waals surface area contributed by atoms with Gasteiger partial charge in [-0.1, -0.05) is 15.9 Å². The van der Waals surface area contributed by atoms with Gasteiger partial charge in [0, 0.05) is 11.6 Å². The number of hydrogen-bond donors (Lipinski definition) is 0. The van der Waals surface area contributed by atoms with Gasteiger partial charge >= 0.3 is 0 Å². The lowest BCUT2D eigenvalue weighted by molar-refractivity contribution is 0.102. The number of benzene rings is 1. The number of carbonyl (C=O) groups is 1. The molecular formula is C9H7BrF2O. The molecule has 0 bridgehead atoms. The van der Waals surface area contributed by atoms with Crippen molar-refractivity contribution in [2.45, 2.75) is 6.92 Å². The van der Waals surface area contributed by atoms with Crippen molar-refractivity contribution in [2.24, 2.45) is 0 Å². The van der Waals surface area contributed by atoms with Crippen molar-refractivity contribution >= 4 is 21.7 Å². The van der Waals surface area contributed by atoms with Gasteiger partial charge in [0.25, 0.3) is 0 Å². The normalized spacial score (nSPS) is 10.2. The number of rotatable bonds is 2. The van der Waals surface area contributed by atoms with Gasteiger partial charge in [0.1, 0.15) is 11.6 Å². The van der Waals surface area contributed by atoms with Crippen LogP contribution in [0.2, 0.25) is 0 Å². The second-order valence-corrected chi connectivity index (χ2v) is 3.18. The van der Waals surface area contributed by atoms with Gasteiger partial charge in [-0.25, -0.2) is 8.78 Å². The average Bonchev–Trinajstić information content (AvgIpc) is 2.10. The van der Waals surface area contributed by atoms with Crippen LogP contribution >= 0.6 is 15.9 Å². The molecule has 0 amide bonds. The Balaban J connectivity index is 3.28. The van der Waals surface area contributed by atoms with Crippen LogP contribution < -0.4 is 0 Å². The van der Waals surface area contributed by atoms with Crippen molar-refractivity contribution in [1.29, 1.82) is 0 Å². The molecule has 0 aliphatic heterocycles. The van der Waals surface area contributed by atoms with E-state index in [4.69, 9.17) is 0 Å². The molecular weight excluding hydrogens is 242 g/mol. The van der Waals surface area contributed by atoms with E-state index in [-0.39, 0.29) is 22.2 Å². The van der Waals surface area contributed by atoms with E-state index < -0.39 is 11.6 Å². The molecule has 0 aromatic heterocycles. The van der Waals surface area contributed by atoms with Crippen molar-refractivity contribution in [3.8, 4) is 0 Å². The maximum Gasteiger partial charge on any atom is 0.173 e. The van der Waals surface area contributed by atoms with Crippen LogP contribution in [0.25, 0.3) is 0 Å². The van der Waals surface area contributed by atoms with E-state index in [1.54, 1.807) is 0 Å². The van der Waals surface area contributed by atoms with Crippen molar-refractivity contribution in [1.82, 2.24) is 0 Å². The van der Waals surface area contributed by atoms with Crippen LogP contribution in [-0.2, 0) is 0 Å². The van der Waals surface area contributed by atoms with E-state index in [1.807, 2.05) is 0 Å². The van der Waals surface area contributed by atoms with Gasteiger partial charge < -0.3 is 0 Å². The Morgan fingerprint density at radius 3 is 2.62 bits per heavy atom. The smallest absolute Gasteiger partial charge is 0.173 e. The van der Waals surface area contributed by atoms with Gasteiger partial charge in [-0.15, -0.1) is 0 Å². The number of ketones is 1. The first-order chi connectivity index (χ1) is 6.06. The van der Waals surface area contributed by atoms with Gasteiger partial charge in [-0.2, -0.15) is 0 Å². The van der Waals surface area contributed by atoms with Crippen LogP contribution in [0.1, 0.15) is 15.9 Å². The first-order valence-corrected chi connectivity index (χ1v) is 4.73. The highest BCUT2D eigenvalue weighted by molar-refractivity contribution is 9.09. The zero-order valence-electron chi connectivity index (χ0n) is 6.90. The van der Waals surface area contributed by atoms with Gasteiger partial charge in [-0.05, 0) is 18.6 Å². The first kappa shape index (κ1) is 10.3. The van der Waals surface area contributed by atoms with E-state index in [1.165, 1.54) is 6.92 Å². The second kappa shape index (κ2) is 3.96. The summed E-state index contributed by atoms with van der Waals surface area (Å²) in [5, 5.41) is 0.0662. The third-order valence-electron chi connectivity index (χ3n) is 1.73. The van der Waals surface area contributed by atoms with Gasteiger partial charge in [0.05, 0.1) is 5.33 Å². The largest absolute Gasteiger partial charge is 0.293 e. The second-order valence-electron chi connectivity index (χ2n) is 2.62. The molecule has 70 valence electrons. The fraction of sp³-hybridized carbons (Fsp3) is 0.222. The Bertz CT molecular complexity index is 350. The summed E-state index contributed by atoms with van der Waals surface area (Å²) in [4.78, 5) is 11.2. The summed E-state index contributed by atoms with van der Waals surface area (Å²) >= 11 is 2.94. The third-order valence-corrected chi connectivity index (χ3v) is 2.24. The minimum Gasteiger partial charge on any atom is -0.293 e. The summed E-state index contributed by atoms with van der Waals surface area (Å²) in [6.45, 7) is 1.45. The number of alkyl halides is 1. The number of Topliss-reactive ketones (excluding diaryl/α,β-unsaturated/α-hetero) is 1. The van der Waals surface area contributed by atoms with Crippen LogP contribution in [0.15, 0.2) is 12.1 Å². The Hall–Kier alpha value is -0.770. The summed E-state index contributed by atoms with van der Waals surface area (Å²) in [7, 11) is 0. The van der Waals surface area contributed by atoms with Gasteiger partial charge in [-0.3, -0.25) is 4.79 Å². The molecule has 1 aromatic rings. The molecule has 1 nitrogen and oxygen atoms in total. The quantitative estimate of drug-likeness (QED) is 0.581. The van der Waals surface area contributed by atoms with Crippen LogP contribution in [0.3, 0.4) is 0 Å². The molecule has 0 fully saturated rings. The van der Waals surface area contributed by atoms with E-state index in [9.17, 15) is 13.6 Å². The molecule has 0 atom stereocenters. The monoisotopic (exact) mass is 248 g/mol. The minimum atomic E-state index is -0.729. The molecule has 0 heterocycles. The number of hydrogen-bond acceptors (Lipinski definition) is 1. The van der Waals surface area contributed by atoms with Crippen molar-refractivity contribution in [2.75, 3.05) is 5.33 Å².